The number of amides is 4. The average Bonchev–Trinajstić information content (AvgIpc) is 2.64. The number of rotatable bonds is 5. The summed E-state index contributed by atoms with van der Waals surface area (Å²) in [4.78, 5) is 48.8. The van der Waals surface area contributed by atoms with Crippen molar-refractivity contribution in [3.05, 3.63) is 64.7 Å². The molecule has 9 heteroatoms. The molecule has 2 aromatic rings. The number of imide groups is 2. The van der Waals surface area contributed by atoms with Gasteiger partial charge in [0.05, 0.1) is 5.69 Å². The second-order valence-electron chi connectivity index (χ2n) is 5.66. The number of carbonyl (C=O) groups excluding carboxylic acids is 3. The van der Waals surface area contributed by atoms with Crippen LogP contribution in [0.5, 0.6) is 5.75 Å². The summed E-state index contributed by atoms with van der Waals surface area (Å²) in [5, 5.41) is 11.2. The van der Waals surface area contributed by atoms with Crippen molar-refractivity contribution in [2.75, 3.05) is 11.5 Å². The van der Waals surface area contributed by atoms with Gasteiger partial charge in [0.25, 0.3) is 11.8 Å². The van der Waals surface area contributed by atoms with Crippen molar-refractivity contribution in [1.29, 1.82) is 0 Å². The van der Waals surface area contributed by atoms with Crippen LogP contribution in [0.4, 0.5) is 10.5 Å². The molecule has 4 amide bonds. The molecule has 1 aliphatic rings. The zero-order valence-corrected chi connectivity index (χ0v) is 15.0. The average molecular weight is 401 g/mol. The van der Waals surface area contributed by atoms with E-state index in [2.05, 4.69) is 5.32 Å². The molecule has 0 atom stereocenters. The smallest absolute Gasteiger partial charge is 0.341 e. The van der Waals surface area contributed by atoms with Crippen molar-refractivity contribution < 1.29 is 29.0 Å². The van der Waals surface area contributed by atoms with Crippen molar-refractivity contribution in [2.45, 2.75) is 0 Å². The minimum Gasteiger partial charge on any atom is -0.481 e. The van der Waals surface area contributed by atoms with Crippen LogP contribution in [0, 0.1) is 0 Å². The minimum absolute atomic E-state index is 0.171. The van der Waals surface area contributed by atoms with E-state index >= 15 is 0 Å². The topological polar surface area (TPSA) is 113 Å². The molecule has 1 aliphatic heterocycles. The maximum absolute atomic E-state index is 12.8. The van der Waals surface area contributed by atoms with E-state index < -0.39 is 30.4 Å². The fourth-order valence-electron chi connectivity index (χ4n) is 2.53. The van der Waals surface area contributed by atoms with Crippen molar-refractivity contribution in [2.24, 2.45) is 0 Å². The highest BCUT2D eigenvalue weighted by Gasteiger charge is 2.37. The molecule has 0 aromatic heterocycles. The molecule has 0 aliphatic carbocycles. The van der Waals surface area contributed by atoms with Gasteiger partial charge >= 0.3 is 12.0 Å². The van der Waals surface area contributed by atoms with Crippen LogP contribution in [-0.4, -0.2) is 35.5 Å². The molecule has 2 N–H and O–H groups in total. The number of anilines is 1. The molecule has 28 heavy (non-hydrogen) atoms. The lowest BCUT2D eigenvalue weighted by Crippen LogP contribution is -2.54. The van der Waals surface area contributed by atoms with Crippen molar-refractivity contribution >= 4 is 47.2 Å². The van der Waals surface area contributed by atoms with Gasteiger partial charge in [0.1, 0.15) is 11.3 Å². The third-order valence-electron chi connectivity index (χ3n) is 3.74. The molecule has 2 aromatic carbocycles. The minimum atomic E-state index is -1.17. The van der Waals surface area contributed by atoms with Gasteiger partial charge < -0.3 is 9.84 Å². The van der Waals surface area contributed by atoms with Gasteiger partial charge in [0.15, 0.2) is 6.61 Å². The van der Waals surface area contributed by atoms with E-state index in [0.717, 1.165) is 4.90 Å². The molecule has 0 radical (unpaired) electrons. The third kappa shape index (κ3) is 4.02. The fourth-order valence-corrected chi connectivity index (χ4v) is 2.72. The van der Waals surface area contributed by atoms with E-state index in [9.17, 15) is 19.2 Å². The first kappa shape index (κ1) is 19.1. The quantitative estimate of drug-likeness (QED) is 0.588. The molecule has 1 heterocycles. The summed E-state index contributed by atoms with van der Waals surface area (Å²) in [6, 6.07) is 11.4. The number of carboxylic acid groups (broad SMARTS) is 1. The predicted molar refractivity (Wildman–Crippen MR) is 100 cm³/mol. The number of hydrogen-bond donors (Lipinski definition) is 2. The summed E-state index contributed by atoms with van der Waals surface area (Å²) < 4.78 is 5.17. The SMILES string of the molecule is O=C(O)COc1ccccc1/C=C1\C(=O)NC(=O)N(c2cccc(Cl)c2)C1=O. The van der Waals surface area contributed by atoms with Crippen molar-refractivity contribution in [3.63, 3.8) is 0 Å². The maximum atomic E-state index is 12.8. The van der Waals surface area contributed by atoms with Gasteiger partial charge in [-0.05, 0) is 30.3 Å². The number of carbonyl (C=O) groups is 4. The van der Waals surface area contributed by atoms with Crippen molar-refractivity contribution in [3.8, 4) is 5.75 Å². The zero-order valence-electron chi connectivity index (χ0n) is 14.2. The summed E-state index contributed by atoms with van der Waals surface area (Å²) >= 11 is 5.92. The van der Waals surface area contributed by atoms with Crippen LogP contribution in [0.15, 0.2) is 54.1 Å². The van der Waals surface area contributed by atoms with Crippen LogP contribution in [0.2, 0.25) is 5.02 Å². The molecule has 0 unspecified atom stereocenters. The van der Waals surface area contributed by atoms with Crippen LogP contribution < -0.4 is 15.0 Å². The first-order valence-electron chi connectivity index (χ1n) is 7.97. The Morgan fingerprint density at radius 3 is 2.61 bits per heavy atom. The molecule has 1 fully saturated rings. The Morgan fingerprint density at radius 1 is 1.14 bits per heavy atom. The van der Waals surface area contributed by atoms with E-state index in [1.807, 2.05) is 0 Å². The summed E-state index contributed by atoms with van der Waals surface area (Å²) in [5.74, 6) is -2.72. The Kier molecular flexibility index (Phi) is 5.42. The normalized spacial score (nSPS) is 15.5. The molecule has 1 saturated heterocycles. The lowest BCUT2D eigenvalue weighted by atomic mass is 10.1. The molecule has 0 bridgehead atoms. The monoisotopic (exact) mass is 400 g/mol. The molecule has 0 saturated carbocycles. The predicted octanol–water partition coefficient (Wildman–Crippen LogP) is 2.47. The summed E-state index contributed by atoms with van der Waals surface area (Å²) in [6.07, 6.45) is 1.23. The van der Waals surface area contributed by atoms with E-state index in [4.69, 9.17) is 21.4 Å². The lowest BCUT2D eigenvalue weighted by molar-refractivity contribution is -0.139. The van der Waals surface area contributed by atoms with Gasteiger partial charge in [-0.25, -0.2) is 14.5 Å². The summed E-state index contributed by atoms with van der Waals surface area (Å²) in [6.45, 7) is -0.590. The number of halogens is 1. The standard InChI is InChI=1S/C19H13ClN2O6/c20-12-5-3-6-13(9-12)22-18(26)14(17(25)21-19(22)27)8-11-4-1-2-7-15(11)28-10-16(23)24/h1-9H,10H2,(H,23,24)(H,21,25,27)/b14-8+. The number of urea groups is 1. The molecule has 0 spiro atoms. The second kappa shape index (κ2) is 7.93. The fraction of sp³-hybridized carbons (Fsp3) is 0.0526. The Hall–Kier alpha value is -3.65. The number of nitrogens with zero attached hydrogens (tertiary/aromatic N) is 1. The lowest BCUT2D eigenvalue weighted by Gasteiger charge is -2.26. The first-order chi connectivity index (χ1) is 13.4. The van der Waals surface area contributed by atoms with Crippen LogP contribution in [0.25, 0.3) is 6.08 Å². The number of hydrogen-bond acceptors (Lipinski definition) is 5. The van der Waals surface area contributed by atoms with Crippen LogP contribution in [0.1, 0.15) is 5.56 Å². The van der Waals surface area contributed by atoms with Crippen LogP contribution in [-0.2, 0) is 14.4 Å². The van der Waals surface area contributed by atoms with Gasteiger partial charge in [0, 0.05) is 10.6 Å². The molecular formula is C19H13ClN2O6. The molecule has 8 nitrogen and oxygen atoms in total. The number of carboxylic acids is 1. The Bertz CT molecular complexity index is 1020. The van der Waals surface area contributed by atoms with Gasteiger partial charge in [-0.1, -0.05) is 35.9 Å². The van der Waals surface area contributed by atoms with E-state index in [1.54, 1.807) is 30.3 Å². The Labute approximate surface area is 164 Å². The largest absolute Gasteiger partial charge is 0.481 e. The van der Waals surface area contributed by atoms with Gasteiger partial charge in [-0.3, -0.25) is 14.9 Å². The van der Waals surface area contributed by atoms with Crippen molar-refractivity contribution in [1.82, 2.24) is 5.32 Å². The first-order valence-corrected chi connectivity index (χ1v) is 8.35. The third-order valence-corrected chi connectivity index (χ3v) is 3.97. The molecule has 142 valence electrons. The van der Waals surface area contributed by atoms with Crippen LogP contribution >= 0.6 is 11.6 Å². The molecular weight excluding hydrogens is 388 g/mol. The zero-order chi connectivity index (χ0) is 20.3. The second-order valence-corrected chi connectivity index (χ2v) is 6.09. The van der Waals surface area contributed by atoms with Crippen LogP contribution in [0.3, 0.4) is 0 Å². The number of aliphatic carboxylic acids is 1. The van der Waals surface area contributed by atoms with E-state index in [0.29, 0.717) is 10.6 Å². The number of benzene rings is 2. The summed E-state index contributed by atoms with van der Waals surface area (Å²) in [5.41, 5.74) is 0.192. The number of nitrogens with one attached hydrogen (secondary N) is 1. The Morgan fingerprint density at radius 2 is 1.89 bits per heavy atom. The Balaban J connectivity index is 1.99. The number of barbiturate groups is 1. The van der Waals surface area contributed by atoms with Gasteiger partial charge in [-0.2, -0.15) is 0 Å². The highest BCUT2D eigenvalue weighted by atomic mass is 35.5. The molecule has 3 rings (SSSR count). The van der Waals surface area contributed by atoms with E-state index in [-0.39, 0.29) is 17.0 Å². The number of ether oxygens (including phenoxy) is 1. The van der Waals surface area contributed by atoms with Gasteiger partial charge in [-0.15, -0.1) is 0 Å². The maximum Gasteiger partial charge on any atom is 0.341 e. The van der Waals surface area contributed by atoms with E-state index in [1.165, 1.54) is 24.3 Å². The number of para-hydroxylation sites is 1. The summed E-state index contributed by atoms with van der Waals surface area (Å²) in [7, 11) is 0. The highest BCUT2D eigenvalue weighted by Crippen LogP contribution is 2.26. The van der Waals surface area contributed by atoms with Gasteiger partial charge in [0.2, 0.25) is 0 Å². The highest BCUT2D eigenvalue weighted by molar-refractivity contribution is 6.39.